The molecule has 0 saturated carbocycles. The van der Waals surface area contributed by atoms with Crippen LogP contribution >= 0.6 is 0 Å². The van der Waals surface area contributed by atoms with Crippen molar-refractivity contribution in [2.75, 3.05) is 33.3 Å². The van der Waals surface area contributed by atoms with Gasteiger partial charge in [-0.15, -0.1) is 0 Å². The molecule has 20 heavy (non-hydrogen) atoms. The highest BCUT2D eigenvalue weighted by atomic mass is 16.5. The summed E-state index contributed by atoms with van der Waals surface area (Å²) in [5.41, 5.74) is 0.343. The highest BCUT2D eigenvalue weighted by Crippen LogP contribution is 2.14. The predicted molar refractivity (Wildman–Crippen MR) is 74.8 cm³/mol. The van der Waals surface area contributed by atoms with E-state index in [0.717, 1.165) is 31.9 Å². The molecule has 1 N–H and O–H groups in total. The molecule has 1 aliphatic heterocycles. The van der Waals surface area contributed by atoms with E-state index in [1.807, 2.05) is 13.8 Å². The molecule has 1 amide bonds. The van der Waals surface area contributed by atoms with Gasteiger partial charge in [-0.25, -0.2) is 0 Å². The zero-order valence-corrected chi connectivity index (χ0v) is 12.4. The van der Waals surface area contributed by atoms with E-state index in [1.54, 1.807) is 6.07 Å². The van der Waals surface area contributed by atoms with Crippen molar-refractivity contribution in [3.8, 4) is 0 Å². The quantitative estimate of drug-likeness (QED) is 0.879. The van der Waals surface area contributed by atoms with Crippen molar-refractivity contribution in [2.45, 2.75) is 32.3 Å². The first-order chi connectivity index (χ1) is 9.56. The number of hydrogen-bond acceptors (Lipinski definition) is 5. The van der Waals surface area contributed by atoms with Gasteiger partial charge >= 0.3 is 0 Å². The molecule has 0 aromatic carbocycles. The number of rotatable bonds is 5. The molecule has 2 heterocycles. The third-order valence-electron chi connectivity index (χ3n) is 3.42. The molecular weight excluding hydrogens is 258 g/mol. The lowest BCUT2D eigenvalue weighted by Crippen LogP contribution is -2.41. The molecule has 1 aliphatic rings. The minimum atomic E-state index is -0.190. The van der Waals surface area contributed by atoms with Gasteiger partial charge in [0, 0.05) is 31.6 Å². The van der Waals surface area contributed by atoms with Gasteiger partial charge in [0.25, 0.3) is 5.91 Å². The molecule has 1 fully saturated rings. The fourth-order valence-electron chi connectivity index (χ4n) is 2.15. The Labute approximate surface area is 119 Å². The molecule has 6 heteroatoms. The Morgan fingerprint density at radius 3 is 3.05 bits per heavy atom. The van der Waals surface area contributed by atoms with Gasteiger partial charge < -0.3 is 19.5 Å². The average Bonchev–Trinajstić information content (AvgIpc) is 2.88. The second-order valence-electron chi connectivity index (χ2n) is 5.57. The Hall–Kier alpha value is -1.40. The summed E-state index contributed by atoms with van der Waals surface area (Å²) in [7, 11) is 2.08. The number of nitrogens with one attached hydrogen (secondary N) is 1. The molecule has 2 rings (SSSR count). The SMILES string of the molecule is CC(C)c1cc(C(=O)NCCC2CN(C)CCO2)no1. The summed E-state index contributed by atoms with van der Waals surface area (Å²) < 4.78 is 10.8. The highest BCUT2D eigenvalue weighted by Gasteiger charge is 2.18. The van der Waals surface area contributed by atoms with Crippen molar-refractivity contribution in [2.24, 2.45) is 0 Å². The lowest BCUT2D eigenvalue weighted by atomic mass is 10.1. The van der Waals surface area contributed by atoms with Gasteiger partial charge in [-0.05, 0) is 13.5 Å². The number of aromatic nitrogens is 1. The molecule has 0 aliphatic carbocycles. The Bertz CT molecular complexity index is 445. The maximum atomic E-state index is 11.9. The number of hydrogen-bond donors (Lipinski definition) is 1. The fraction of sp³-hybridized carbons (Fsp3) is 0.714. The zero-order chi connectivity index (χ0) is 14.5. The molecule has 0 spiro atoms. The minimum Gasteiger partial charge on any atom is -0.375 e. The van der Waals surface area contributed by atoms with Gasteiger partial charge in [0.05, 0.1) is 12.7 Å². The van der Waals surface area contributed by atoms with Crippen LogP contribution in [0.1, 0.15) is 42.4 Å². The molecule has 0 radical (unpaired) electrons. The predicted octanol–water partition coefficient (Wildman–Crippen LogP) is 1.25. The van der Waals surface area contributed by atoms with Crippen molar-refractivity contribution in [1.82, 2.24) is 15.4 Å². The third-order valence-corrected chi connectivity index (χ3v) is 3.42. The Balaban J connectivity index is 1.74. The Morgan fingerprint density at radius 2 is 2.40 bits per heavy atom. The average molecular weight is 281 g/mol. The standard InChI is InChI=1S/C14H23N3O3/c1-10(2)13-8-12(16-20-13)14(18)15-5-4-11-9-17(3)6-7-19-11/h8,10-11H,4-7,9H2,1-3H3,(H,15,18). The Kier molecular flexibility index (Phi) is 5.14. The molecule has 1 atom stereocenters. The smallest absolute Gasteiger partial charge is 0.273 e. The van der Waals surface area contributed by atoms with Gasteiger partial charge in [-0.3, -0.25) is 4.79 Å². The maximum absolute atomic E-state index is 11.9. The number of carbonyl (C=O) groups is 1. The van der Waals surface area contributed by atoms with E-state index in [-0.39, 0.29) is 17.9 Å². The number of ether oxygens (including phenoxy) is 1. The molecule has 0 bridgehead atoms. The van der Waals surface area contributed by atoms with E-state index in [9.17, 15) is 4.79 Å². The summed E-state index contributed by atoms with van der Waals surface area (Å²) in [6, 6.07) is 1.70. The van der Waals surface area contributed by atoms with Crippen molar-refractivity contribution >= 4 is 5.91 Å². The second kappa shape index (κ2) is 6.85. The van der Waals surface area contributed by atoms with Crippen LogP contribution in [0.2, 0.25) is 0 Å². The summed E-state index contributed by atoms with van der Waals surface area (Å²) in [5.74, 6) is 0.771. The van der Waals surface area contributed by atoms with Crippen LogP contribution in [0.25, 0.3) is 0 Å². The molecule has 1 aromatic heterocycles. The second-order valence-corrected chi connectivity index (χ2v) is 5.57. The van der Waals surface area contributed by atoms with Crippen molar-refractivity contribution in [1.29, 1.82) is 0 Å². The zero-order valence-electron chi connectivity index (χ0n) is 12.4. The van der Waals surface area contributed by atoms with Crippen LogP contribution in [-0.2, 0) is 4.74 Å². The van der Waals surface area contributed by atoms with Gasteiger partial charge in [-0.2, -0.15) is 0 Å². The maximum Gasteiger partial charge on any atom is 0.273 e. The van der Waals surface area contributed by atoms with Crippen LogP contribution in [0.5, 0.6) is 0 Å². The van der Waals surface area contributed by atoms with E-state index in [1.165, 1.54) is 0 Å². The summed E-state index contributed by atoms with van der Waals surface area (Å²) >= 11 is 0. The molecule has 6 nitrogen and oxygen atoms in total. The first-order valence-corrected chi connectivity index (χ1v) is 7.11. The monoisotopic (exact) mass is 281 g/mol. The fourth-order valence-corrected chi connectivity index (χ4v) is 2.15. The summed E-state index contributed by atoms with van der Waals surface area (Å²) in [5, 5.41) is 6.64. The molecular formula is C14H23N3O3. The summed E-state index contributed by atoms with van der Waals surface area (Å²) in [4.78, 5) is 14.1. The molecule has 1 unspecified atom stereocenters. The number of morpholine rings is 1. The van der Waals surface area contributed by atoms with Gasteiger partial charge in [0.1, 0.15) is 5.76 Å². The first kappa shape index (κ1) is 15.0. The highest BCUT2D eigenvalue weighted by molar-refractivity contribution is 5.92. The minimum absolute atomic E-state index is 0.190. The number of nitrogens with zero attached hydrogens (tertiary/aromatic N) is 2. The lowest BCUT2D eigenvalue weighted by molar-refractivity contribution is -0.0226. The van der Waals surface area contributed by atoms with Gasteiger partial charge in [0.2, 0.25) is 0 Å². The largest absolute Gasteiger partial charge is 0.375 e. The number of carbonyl (C=O) groups excluding carboxylic acids is 1. The van der Waals surface area contributed by atoms with Crippen molar-refractivity contribution in [3.63, 3.8) is 0 Å². The van der Waals surface area contributed by atoms with Crippen molar-refractivity contribution in [3.05, 3.63) is 17.5 Å². The van der Waals surface area contributed by atoms with E-state index in [2.05, 4.69) is 22.4 Å². The molecule has 1 aromatic rings. The number of amides is 1. The van der Waals surface area contributed by atoms with E-state index < -0.39 is 0 Å². The third kappa shape index (κ3) is 4.05. The topological polar surface area (TPSA) is 67.6 Å². The lowest BCUT2D eigenvalue weighted by Gasteiger charge is -2.30. The summed E-state index contributed by atoms with van der Waals surface area (Å²) in [6.07, 6.45) is 1.00. The van der Waals surface area contributed by atoms with Gasteiger partial charge in [0.15, 0.2) is 5.69 Å². The van der Waals surface area contributed by atoms with Crippen LogP contribution < -0.4 is 5.32 Å². The van der Waals surface area contributed by atoms with Crippen LogP contribution in [0.3, 0.4) is 0 Å². The van der Waals surface area contributed by atoms with E-state index in [0.29, 0.717) is 12.2 Å². The molecule has 112 valence electrons. The normalized spacial score (nSPS) is 20.3. The number of likely N-dealkylation sites (N-methyl/N-ethyl adjacent to an activating group) is 1. The molecule has 1 saturated heterocycles. The van der Waals surface area contributed by atoms with E-state index >= 15 is 0 Å². The van der Waals surface area contributed by atoms with Crippen molar-refractivity contribution < 1.29 is 14.1 Å². The summed E-state index contributed by atoms with van der Waals surface area (Å²) in [6.45, 7) is 7.23. The van der Waals surface area contributed by atoms with Crippen LogP contribution in [0.4, 0.5) is 0 Å². The Morgan fingerprint density at radius 1 is 1.60 bits per heavy atom. The van der Waals surface area contributed by atoms with E-state index in [4.69, 9.17) is 9.26 Å². The van der Waals surface area contributed by atoms with Crippen LogP contribution in [0.15, 0.2) is 10.6 Å². The van der Waals surface area contributed by atoms with Crippen LogP contribution in [0, 0.1) is 0 Å². The van der Waals surface area contributed by atoms with Gasteiger partial charge in [-0.1, -0.05) is 19.0 Å². The first-order valence-electron chi connectivity index (χ1n) is 7.11. The van der Waals surface area contributed by atoms with Crippen LogP contribution in [-0.4, -0.2) is 55.4 Å².